The lowest BCUT2D eigenvalue weighted by Gasteiger charge is -2.08. The molecule has 1 amide bonds. The van der Waals surface area contributed by atoms with Crippen LogP contribution in [0.4, 0.5) is 11.4 Å². The first-order valence-electron chi connectivity index (χ1n) is 8.30. The molecule has 0 atom stereocenters. The molecule has 148 valence electrons. The van der Waals surface area contributed by atoms with Gasteiger partial charge in [0.15, 0.2) is 11.0 Å². The van der Waals surface area contributed by atoms with Crippen molar-refractivity contribution in [2.45, 2.75) is 11.7 Å². The first-order valence-corrected chi connectivity index (χ1v) is 9.67. The van der Waals surface area contributed by atoms with E-state index in [0.29, 0.717) is 17.5 Å². The third-order valence-corrected chi connectivity index (χ3v) is 4.99. The molecule has 0 aliphatic carbocycles. The summed E-state index contributed by atoms with van der Waals surface area (Å²) >= 11 is 6.97. The molecule has 0 bridgehead atoms. The van der Waals surface area contributed by atoms with Crippen LogP contribution in [-0.2, 0) is 11.3 Å². The van der Waals surface area contributed by atoms with Crippen molar-refractivity contribution in [1.29, 1.82) is 0 Å². The summed E-state index contributed by atoms with van der Waals surface area (Å²) in [5, 5.41) is 22.5. The van der Waals surface area contributed by atoms with Gasteiger partial charge in [-0.2, -0.15) is 0 Å². The fraction of sp³-hybridized carbons (Fsp3) is 0.111. The van der Waals surface area contributed by atoms with Crippen LogP contribution >= 0.6 is 23.4 Å². The van der Waals surface area contributed by atoms with E-state index in [1.54, 1.807) is 24.5 Å². The van der Waals surface area contributed by atoms with E-state index in [-0.39, 0.29) is 28.1 Å². The Morgan fingerprint density at radius 2 is 2.21 bits per heavy atom. The molecular weight excluding hydrogens is 416 g/mol. The van der Waals surface area contributed by atoms with Crippen LogP contribution in [0.3, 0.4) is 0 Å². The lowest BCUT2D eigenvalue weighted by molar-refractivity contribution is -0.384. The Hall–Kier alpha value is -3.24. The number of hydrogen-bond donors (Lipinski definition) is 1. The Balaban J connectivity index is 1.71. The van der Waals surface area contributed by atoms with Crippen LogP contribution in [0.15, 0.2) is 60.5 Å². The number of amides is 1. The van der Waals surface area contributed by atoms with Gasteiger partial charge in [0.2, 0.25) is 5.91 Å². The number of aromatic nitrogens is 4. The number of benzene rings is 1. The number of anilines is 1. The van der Waals surface area contributed by atoms with Crippen LogP contribution < -0.4 is 5.32 Å². The molecule has 11 heteroatoms. The van der Waals surface area contributed by atoms with Crippen LogP contribution in [0.25, 0.3) is 11.4 Å². The number of hydrogen-bond acceptors (Lipinski definition) is 7. The summed E-state index contributed by atoms with van der Waals surface area (Å²) in [6, 6.07) is 7.74. The summed E-state index contributed by atoms with van der Waals surface area (Å²) in [4.78, 5) is 26.7. The molecule has 3 aromatic rings. The van der Waals surface area contributed by atoms with Crippen molar-refractivity contribution in [2.24, 2.45) is 0 Å². The lowest BCUT2D eigenvalue weighted by atomic mass is 10.3. The minimum Gasteiger partial charge on any atom is -0.325 e. The van der Waals surface area contributed by atoms with Crippen molar-refractivity contribution in [3.05, 3.63) is 70.5 Å². The molecule has 0 radical (unpaired) electrons. The van der Waals surface area contributed by atoms with Crippen molar-refractivity contribution in [2.75, 3.05) is 11.1 Å². The smallest absolute Gasteiger partial charge is 0.289 e. The number of carbonyl (C=O) groups excluding carboxylic acids is 1. The van der Waals surface area contributed by atoms with Crippen LogP contribution in [0.1, 0.15) is 0 Å². The summed E-state index contributed by atoms with van der Waals surface area (Å²) < 4.78 is 1.83. The van der Waals surface area contributed by atoms with Gasteiger partial charge in [0.05, 0.1) is 10.7 Å². The van der Waals surface area contributed by atoms with Gasteiger partial charge in [-0.15, -0.1) is 16.8 Å². The SMILES string of the molecule is C=CCn1c(SCC(=O)Nc2ccc(Cl)c([N+](=O)[O-])c2)nnc1-c1cccnc1. The largest absolute Gasteiger partial charge is 0.325 e. The van der Waals surface area contributed by atoms with E-state index < -0.39 is 4.92 Å². The zero-order valence-corrected chi connectivity index (χ0v) is 16.6. The zero-order chi connectivity index (χ0) is 20.8. The van der Waals surface area contributed by atoms with E-state index >= 15 is 0 Å². The molecular formula is C18H15ClN6O3S. The number of halogens is 1. The molecule has 1 aromatic carbocycles. The summed E-state index contributed by atoms with van der Waals surface area (Å²) in [5.74, 6) is 0.315. The number of thioether (sulfide) groups is 1. The highest BCUT2D eigenvalue weighted by Crippen LogP contribution is 2.28. The van der Waals surface area contributed by atoms with Crippen molar-refractivity contribution in [1.82, 2.24) is 19.7 Å². The molecule has 1 N–H and O–H groups in total. The van der Waals surface area contributed by atoms with Crippen molar-refractivity contribution < 1.29 is 9.72 Å². The van der Waals surface area contributed by atoms with Gasteiger partial charge in [-0.25, -0.2) is 0 Å². The lowest BCUT2D eigenvalue weighted by Crippen LogP contribution is -2.14. The number of rotatable bonds is 8. The van der Waals surface area contributed by atoms with Gasteiger partial charge in [-0.1, -0.05) is 29.4 Å². The highest BCUT2D eigenvalue weighted by Gasteiger charge is 2.17. The van der Waals surface area contributed by atoms with Gasteiger partial charge in [-0.3, -0.25) is 24.5 Å². The van der Waals surface area contributed by atoms with E-state index in [9.17, 15) is 14.9 Å². The fourth-order valence-electron chi connectivity index (χ4n) is 2.46. The number of nitro groups is 1. The molecule has 2 heterocycles. The molecule has 0 fully saturated rings. The molecule has 0 aliphatic rings. The maximum atomic E-state index is 12.3. The van der Waals surface area contributed by atoms with E-state index in [0.717, 1.165) is 5.56 Å². The molecule has 3 rings (SSSR count). The Bertz CT molecular complexity index is 1060. The zero-order valence-electron chi connectivity index (χ0n) is 15.0. The van der Waals surface area contributed by atoms with Gasteiger partial charge in [0.1, 0.15) is 5.02 Å². The molecule has 0 aliphatic heterocycles. The first kappa shape index (κ1) is 20.5. The monoisotopic (exact) mass is 430 g/mol. The van der Waals surface area contributed by atoms with Gasteiger partial charge in [-0.05, 0) is 24.3 Å². The second-order valence-corrected chi connectivity index (χ2v) is 7.06. The summed E-state index contributed by atoms with van der Waals surface area (Å²) in [6.45, 7) is 4.21. The number of carbonyl (C=O) groups is 1. The fourth-order valence-corrected chi connectivity index (χ4v) is 3.39. The second-order valence-electron chi connectivity index (χ2n) is 5.71. The maximum absolute atomic E-state index is 12.3. The first-order chi connectivity index (χ1) is 14.0. The Kier molecular flexibility index (Phi) is 6.57. The van der Waals surface area contributed by atoms with Crippen LogP contribution in [0.5, 0.6) is 0 Å². The molecule has 0 spiro atoms. The number of pyridine rings is 1. The third kappa shape index (κ3) is 4.98. The Labute approximate surface area is 175 Å². The van der Waals surface area contributed by atoms with Crippen molar-refractivity contribution in [3.8, 4) is 11.4 Å². The quantitative estimate of drug-likeness (QED) is 0.250. The van der Waals surface area contributed by atoms with Crippen LogP contribution in [0.2, 0.25) is 5.02 Å². The molecule has 29 heavy (non-hydrogen) atoms. The normalized spacial score (nSPS) is 10.5. The van der Waals surface area contributed by atoms with Gasteiger partial charge < -0.3 is 5.32 Å². The Morgan fingerprint density at radius 1 is 1.38 bits per heavy atom. The summed E-state index contributed by atoms with van der Waals surface area (Å²) in [5.41, 5.74) is 0.811. The summed E-state index contributed by atoms with van der Waals surface area (Å²) in [6.07, 6.45) is 5.05. The number of nitrogens with one attached hydrogen (secondary N) is 1. The van der Waals surface area contributed by atoms with E-state index in [4.69, 9.17) is 11.6 Å². The van der Waals surface area contributed by atoms with Crippen molar-refractivity contribution >= 4 is 40.6 Å². The minimum absolute atomic E-state index is 0.00262. The predicted molar refractivity (Wildman–Crippen MR) is 111 cm³/mol. The highest BCUT2D eigenvalue weighted by molar-refractivity contribution is 7.99. The van der Waals surface area contributed by atoms with Gasteiger partial charge in [0.25, 0.3) is 5.69 Å². The average molecular weight is 431 g/mol. The van der Waals surface area contributed by atoms with Crippen LogP contribution in [-0.4, -0.2) is 36.3 Å². The molecule has 0 saturated heterocycles. The summed E-state index contributed by atoms with van der Waals surface area (Å²) in [7, 11) is 0. The average Bonchev–Trinajstić information content (AvgIpc) is 3.11. The predicted octanol–water partition coefficient (Wildman–Crippen LogP) is 3.82. The third-order valence-electron chi connectivity index (χ3n) is 3.71. The van der Waals surface area contributed by atoms with Crippen LogP contribution in [0, 0.1) is 10.1 Å². The minimum atomic E-state index is -0.607. The highest BCUT2D eigenvalue weighted by atomic mass is 35.5. The Morgan fingerprint density at radius 3 is 2.90 bits per heavy atom. The number of allylic oxidation sites excluding steroid dienone is 1. The molecule has 9 nitrogen and oxygen atoms in total. The van der Waals surface area contributed by atoms with Crippen molar-refractivity contribution in [3.63, 3.8) is 0 Å². The topological polar surface area (TPSA) is 116 Å². The standard InChI is InChI=1S/C18H15ClN6O3S/c1-2-8-24-17(12-4-3-7-20-10-12)22-23-18(24)29-11-16(26)21-13-5-6-14(19)15(9-13)25(27)28/h2-7,9-10H,1,8,11H2,(H,21,26). The van der Waals surface area contributed by atoms with Gasteiger partial charge in [0, 0.05) is 36.3 Å². The molecule has 0 saturated carbocycles. The molecule has 2 aromatic heterocycles. The van der Waals surface area contributed by atoms with E-state index in [1.165, 1.54) is 30.0 Å². The van der Waals surface area contributed by atoms with E-state index in [2.05, 4.69) is 27.1 Å². The van der Waals surface area contributed by atoms with E-state index in [1.807, 2.05) is 10.6 Å². The molecule has 0 unspecified atom stereocenters. The second kappa shape index (κ2) is 9.30. The number of nitrogens with zero attached hydrogens (tertiary/aromatic N) is 5. The maximum Gasteiger partial charge on any atom is 0.289 e. The van der Waals surface area contributed by atoms with Gasteiger partial charge >= 0.3 is 0 Å². The number of nitro benzene ring substituents is 1.